The van der Waals surface area contributed by atoms with E-state index in [-0.39, 0.29) is 19.6 Å². The first-order chi connectivity index (χ1) is 37.1. The van der Waals surface area contributed by atoms with Crippen molar-refractivity contribution in [2.45, 2.75) is 230 Å². The third-order valence-corrected chi connectivity index (χ3v) is 12.7. The molecule has 6 unspecified atom stereocenters. The Hall–Kier alpha value is -3.76. The van der Waals surface area contributed by atoms with E-state index in [1.807, 2.05) is 0 Å². The number of ether oxygens (including phenoxy) is 4. The fourth-order valence-electron chi connectivity index (χ4n) is 8.00. The van der Waals surface area contributed by atoms with E-state index in [1.54, 1.807) is 0 Å². The van der Waals surface area contributed by atoms with Gasteiger partial charge in [0.2, 0.25) is 0 Å². The Morgan fingerprint density at radius 3 is 1.26 bits per heavy atom. The Morgan fingerprint density at radius 2 is 0.868 bits per heavy atom. The van der Waals surface area contributed by atoms with Gasteiger partial charge in [-0.3, -0.25) is 9.35 Å². The summed E-state index contributed by atoms with van der Waals surface area (Å²) in [4.78, 5) is 13.0. The van der Waals surface area contributed by atoms with E-state index in [2.05, 4.69) is 152 Å². The lowest BCUT2D eigenvalue weighted by molar-refractivity contribution is -0.301. The molecule has 6 atom stereocenters. The molecule has 1 aliphatic heterocycles. The minimum absolute atomic E-state index is 0.0141. The topological polar surface area (TPSA) is 178 Å². The molecule has 432 valence electrons. The molecule has 1 saturated heterocycles. The molecule has 0 aromatic rings. The van der Waals surface area contributed by atoms with Crippen molar-refractivity contribution in [3.8, 4) is 0 Å². The third kappa shape index (κ3) is 44.2. The largest absolute Gasteiger partial charge is 0.457 e. The summed E-state index contributed by atoms with van der Waals surface area (Å²) in [5.41, 5.74) is 0. The quantitative estimate of drug-likeness (QED) is 0.0196. The summed E-state index contributed by atoms with van der Waals surface area (Å²) in [5, 5.41) is 30.9. The zero-order valence-electron chi connectivity index (χ0n) is 46.8. The van der Waals surface area contributed by atoms with Crippen LogP contribution in [-0.2, 0) is 38.3 Å². The van der Waals surface area contributed by atoms with Crippen molar-refractivity contribution in [2.75, 3.05) is 26.4 Å². The second kappa shape index (κ2) is 52.0. The van der Waals surface area contributed by atoms with Crippen molar-refractivity contribution in [1.82, 2.24) is 0 Å². The first-order valence-corrected chi connectivity index (χ1v) is 30.3. The highest BCUT2D eigenvalue weighted by Crippen LogP contribution is 2.26. The first kappa shape index (κ1) is 70.3. The van der Waals surface area contributed by atoms with Crippen molar-refractivity contribution in [2.24, 2.45) is 0 Å². The predicted octanol–water partition coefficient (Wildman–Crippen LogP) is 14.6. The number of hydrogen-bond donors (Lipinski definition) is 4. The van der Waals surface area contributed by atoms with Crippen LogP contribution in [0.1, 0.15) is 194 Å². The zero-order chi connectivity index (χ0) is 55.3. The van der Waals surface area contributed by atoms with Crippen molar-refractivity contribution in [1.29, 1.82) is 0 Å². The van der Waals surface area contributed by atoms with Gasteiger partial charge < -0.3 is 34.3 Å². The van der Waals surface area contributed by atoms with Crippen LogP contribution < -0.4 is 0 Å². The summed E-state index contributed by atoms with van der Waals surface area (Å²) < 4.78 is 59.4. The molecule has 4 N–H and O–H groups in total. The Morgan fingerprint density at radius 1 is 0.500 bits per heavy atom. The molecule has 12 nitrogen and oxygen atoms in total. The van der Waals surface area contributed by atoms with E-state index >= 15 is 0 Å². The van der Waals surface area contributed by atoms with Crippen LogP contribution in [0.4, 0.5) is 0 Å². The van der Waals surface area contributed by atoms with E-state index in [1.165, 1.54) is 25.7 Å². The molecule has 1 aliphatic rings. The van der Waals surface area contributed by atoms with Gasteiger partial charge in [-0.15, -0.1) is 0 Å². The highest BCUT2D eigenvalue weighted by atomic mass is 32.3. The maximum atomic E-state index is 13.0. The lowest BCUT2D eigenvalue weighted by atomic mass is 9.99. The van der Waals surface area contributed by atoms with Crippen LogP contribution in [0.25, 0.3) is 0 Å². The zero-order valence-corrected chi connectivity index (χ0v) is 47.6. The molecule has 1 heterocycles. The molecule has 0 saturated carbocycles. The molecule has 0 aromatic carbocycles. The molecule has 0 spiro atoms. The number of carbonyl (C=O) groups is 1. The SMILES string of the molecule is CC/C=C\C/C=C\C/C=C\C/C=C\C/C=C\C/C=C\CCCCCCCCC(=O)OC(COCCCCCCCCCC/C=C\C/C=C\C/C=C\C/C=C\C/C=C\CC)COC1OC(CO)C(O)C(OS(=O)(=O)O)C1O. The average Bonchev–Trinajstić information content (AvgIpc) is 3.40. The maximum absolute atomic E-state index is 13.0. The number of unbranched alkanes of at least 4 members (excludes halogenated alkanes) is 14. The molecule has 0 amide bonds. The van der Waals surface area contributed by atoms with E-state index in [0.29, 0.717) is 13.0 Å². The monoisotopic (exact) mass is 1080 g/mol. The number of aliphatic hydroxyl groups is 3. The van der Waals surface area contributed by atoms with Gasteiger partial charge >= 0.3 is 16.4 Å². The summed E-state index contributed by atoms with van der Waals surface area (Å²) in [5.74, 6) is -0.422. The van der Waals surface area contributed by atoms with Crippen LogP contribution in [0, 0.1) is 0 Å². The predicted molar refractivity (Wildman–Crippen MR) is 312 cm³/mol. The molecular formula is C63H102O12S. The number of rotatable bonds is 49. The van der Waals surface area contributed by atoms with Gasteiger partial charge in [-0.2, -0.15) is 8.42 Å². The molecule has 0 radical (unpaired) electrons. The molecule has 1 fully saturated rings. The second-order valence-corrected chi connectivity index (χ2v) is 20.2. The minimum atomic E-state index is -5.08. The third-order valence-electron chi connectivity index (χ3n) is 12.3. The van der Waals surface area contributed by atoms with Crippen molar-refractivity contribution >= 4 is 16.4 Å². The highest BCUT2D eigenvalue weighted by Gasteiger charge is 2.48. The van der Waals surface area contributed by atoms with Crippen LogP contribution in [-0.4, -0.2) is 97.5 Å². The first-order valence-electron chi connectivity index (χ1n) is 28.9. The second-order valence-electron chi connectivity index (χ2n) is 19.1. The smallest absolute Gasteiger partial charge is 0.397 e. The Kier molecular flexibility index (Phi) is 48.0. The molecule has 1 rings (SSSR count). The highest BCUT2D eigenvalue weighted by molar-refractivity contribution is 7.80. The van der Waals surface area contributed by atoms with Crippen molar-refractivity contribution in [3.05, 3.63) is 134 Å². The van der Waals surface area contributed by atoms with Crippen LogP contribution in [0.5, 0.6) is 0 Å². The Balaban J connectivity index is 2.34. The van der Waals surface area contributed by atoms with Crippen LogP contribution in [0.15, 0.2) is 134 Å². The summed E-state index contributed by atoms with van der Waals surface area (Å²) in [7, 11) is -5.08. The number of allylic oxidation sites excluding steroid dienone is 22. The maximum Gasteiger partial charge on any atom is 0.397 e. The van der Waals surface area contributed by atoms with Gasteiger partial charge in [-0.05, 0) is 109 Å². The van der Waals surface area contributed by atoms with Crippen LogP contribution >= 0.6 is 0 Å². The van der Waals surface area contributed by atoms with Gasteiger partial charge in [0.1, 0.15) is 30.5 Å². The summed E-state index contributed by atoms with van der Waals surface area (Å²) >= 11 is 0. The van der Waals surface area contributed by atoms with Crippen molar-refractivity contribution < 1.29 is 56.2 Å². The Bertz CT molecular complexity index is 1820. The number of aliphatic hydroxyl groups excluding tert-OH is 3. The van der Waals surface area contributed by atoms with E-state index < -0.39 is 59.8 Å². The van der Waals surface area contributed by atoms with E-state index in [4.69, 9.17) is 18.9 Å². The van der Waals surface area contributed by atoms with E-state index in [9.17, 15) is 33.1 Å². The summed E-state index contributed by atoms with van der Waals surface area (Å²) in [6.45, 7) is 3.71. The van der Waals surface area contributed by atoms with Gasteiger partial charge in [-0.25, -0.2) is 4.18 Å². The molecule has 0 aromatic heterocycles. The summed E-state index contributed by atoms with van der Waals surface area (Å²) in [6, 6.07) is 0. The van der Waals surface area contributed by atoms with Crippen LogP contribution in [0.2, 0.25) is 0 Å². The molecule has 76 heavy (non-hydrogen) atoms. The van der Waals surface area contributed by atoms with E-state index in [0.717, 1.165) is 141 Å². The van der Waals surface area contributed by atoms with Gasteiger partial charge in [0, 0.05) is 13.0 Å². The lowest BCUT2D eigenvalue weighted by Gasteiger charge is -2.41. The standard InChI is InChI=1S/C63H102O12S/c1-3-5-7-9-11-13-15-17-19-21-23-25-27-29-30-32-34-36-38-40-42-44-46-48-50-52-59(65)73-57(56-72-63-61(67)62(75-76(68,69)70)60(66)58(54-64)74-63)55-71-53-51-49-47-45-43-41-39-37-35-33-31-28-26-24-22-20-18-16-14-12-10-8-6-4-2/h5-8,11-14,17-20,23-26,29-31,33-34,36,57-58,60-64,66-67H,3-4,9-10,15-16,21-22,27-28,32,35,37-56H2,1-2H3,(H,68,69,70)/b7-5-,8-6-,13-11-,14-12-,19-17-,20-18-,25-23-,26-24-,30-29-,33-31-,36-34-. The molecular weight excluding hydrogens is 981 g/mol. The number of carbonyl (C=O) groups excluding carboxylic acids is 1. The Labute approximate surface area is 461 Å². The summed E-state index contributed by atoms with van der Waals surface area (Å²) in [6.07, 6.45) is 67.6. The van der Waals surface area contributed by atoms with Crippen molar-refractivity contribution in [3.63, 3.8) is 0 Å². The molecule has 0 bridgehead atoms. The normalized spacial score (nSPS) is 19.6. The number of esters is 1. The van der Waals surface area contributed by atoms with Crippen LogP contribution in [0.3, 0.4) is 0 Å². The lowest BCUT2D eigenvalue weighted by Crippen LogP contribution is -2.60. The minimum Gasteiger partial charge on any atom is -0.457 e. The fourth-order valence-corrected chi connectivity index (χ4v) is 8.51. The van der Waals surface area contributed by atoms with Gasteiger partial charge in [-0.1, -0.05) is 212 Å². The molecule has 0 aliphatic carbocycles. The number of hydrogen-bond acceptors (Lipinski definition) is 11. The van der Waals surface area contributed by atoms with Gasteiger partial charge in [0.25, 0.3) is 0 Å². The van der Waals surface area contributed by atoms with Gasteiger partial charge in [0.15, 0.2) is 6.29 Å². The molecule has 13 heteroatoms. The van der Waals surface area contributed by atoms with Gasteiger partial charge in [0.05, 0.1) is 19.8 Å². The average molecular weight is 1080 g/mol. The fraction of sp³-hybridized carbons (Fsp3) is 0.635.